The van der Waals surface area contributed by atoms with Gasteiger partial charge >= 0.3 is 0 Å². The Hall–Kier alpha value is -2.44. The number of aromatic hydroxyl groups is 1. The molecule has 2 aromatic rings. The molecule has 1 aromatic carbocycles. The highest BCUT2D eigenvalue weighted by Crippen LogP contribution is 2.21. The van der Waals surface area contributed by atoms with Crippen molar-refractivity contribution < 1.29 is 18.8 Å². The van der Waals surface area contributed by atoms with Crippen LogP contribution >= 0.6 is 0 Å². The van der Waals surface area contributed by atoms with Crippen LogP contribution in [0.1, 0.15) is 41.5 Å². The Kier molecular flexibility index (Phi) is 3.97. The molecule has 6 nitrogen and oxygen atoms in total. The second-order valence-corrected chi connectivity index (χ2v) is 4.24. The van der Waals surface area contributed by atoms with Gasteiger partial charge in [0, 0.05) is 6.92 Å². The minimum Gasteiger partial charge on any atom is -0.507 e. The highest BCUT2D eigenvalue weighted by atomic mass is 19.1. The van der Waals surface area contributed by atoms with E-state index in [1.54, 1.807) is 6.92 Å². The second-order valence-electron chi connectivity index (χ2n) is 4.24. The number of hydrogen-bond donors (Lipinski definition) is 2. The quantitative estimate of drug-likeness (QED) is 0.894. The minimum atomic E-state index is -0.790. The summed E-state index contributed by atoms with van der Waals surface area (Å²) < 4.78 is 18.4. The van der Waals surface area contributed by atoms with Crippen LogP contribution in [0, 0.1) is 12.7 Å². The number of rotatable bonds is 4. The van der Waals surface area contributed by atoms with E-state index in [-0.39, 0.29) is 0 Å². The van der Waals surface area contributed by atoms with E-state index in [1.807, 2.05) is 6.92 Å². The van der Waals surface area contributed by atoms with Crippen molar-refractivity contribution >= 4 is 5.91 Å². The van der Waals surface area contributed by atoms with Gasteiger partial charge in [0.05, 0.1) is 6.04 Å². The zero-order valence-corrected chi connectivity index (χ0v) is 11.1. The lowest BCUT2D eigenvalue weighted by atomic mass is 10.1. The summed E-state index contributed by atoms with van der Waals surface area (Å²) in [7, 11) is 0. The first-order chi connectivity index (χ1) is 9.52. The van der Waals surface area contributed by atoms with Gasteiger partial charge in [-0.15, -0.1) is 0 Å². The van der Waals surface area contributed by atoms with Crippen LogP contribution in [-0.4, -0.2) is 21.2 Å². The summed E-state index contributed by atoms with van der Waals surface area (Å²) in [6, 6.07) is 3.16. The van der Waals surface area contributed by atoms with Gasteiger partial charge in [0.1, 0.15) is 17.1 Å². The van der Waals surface area contributed by atoms with Crippen molar-refractivity contribution in [3.05, 3.63) is 41.3 Å². The fourth-order valence-corrected chi connectivity index (χ4v) is 1.77. The van der Waals surface area contributed by atoms with E-state index in [0.29, 0.717) is 18.1 Å². The number of aromatic nitrogens is 2. The number of carbonyl (C=O) groups excluding carboxylic acids is 1. The molecule has 0 fully saturated rings. The van der Waals surface area contributed by atoms with Gasteiger partial charge in [-0.3, -0.25) is 4.79 Å². The maximum absolute atomic E-state index is 13.6. The number of nitrogens with one attached hydrogen (secondary N) is 1. The molecule has 0 spiro atoms. The highest BCUT2D eigenvalue weighted by molar-refractivity contribution is 5.97. The van der Waals surface area contributed by atoms with Crippen molar-refractivity contribution in [2.45, 2.75) is 26.3 Å². The maximum Gasteiger partial charge on any atom is 0.258 e. The van der Waals surface area contributed by atoms with Crippen LogP contribution in [0.5, 0.6) is 5.75 Å². The molecule has 0 unspecified atom stereocenters. The number of amides is 1. The molecule has 1 heterocycles. The van der Waals surface area contributed by atoms with Gasteiger partial charge in [0.15, 0.2) is 5.82 Å². The van der Waals surface area contributed by atoms with Crippen molar-refractivity contribution in [3.8, 4) is 5.75 Å². The van der Waals surface area contributed by atoms with E-state index >= 15 is 0 Å². The van der Waals surface area contributed by atoms with Gasteiger partial charge in [-0.2, -0.15) is 4.98 Å². The number of phenolic OH excluding ortho intramolecular Hbond substituents is 1. The van der Waals surface area contributed by atoms with Crippen molar-refractivity contribution in [1.29, 1.82) is 0 Å². The SMILES string of the molecule is CC[C@@H](NC(=O)c1c(O)cccc1F)c1noc(C)n1. The van der Waals surface area contributed by atoms with Gasteiger partial charge in [0.25, 0.3) is 5.91 Å². The van der Waals surface area contributed by atoms with Crippen molar-refractivity contribution in [1.82, 2.24) is 15.5 Å². The molecule has 2 N–H and O–H groups in total. The third kappa shape index (κ3) is 2.76. The van der Waals surface area contributed by atoms with Gasteiger partial charge in [-0.1, -0.05) is 18.1 Å². The van der Waals surface area contributed by atoms with Gasteiger partial charge < -0.3 is 14.9 Å². The van der Waals surface area contributed by atoms with Gasteiger partial charge in [-0.25, -0.2) is 4.39 Å². The molecule has 1 atom stereocenters. The van der Waals surface area contributed by atoms with E-state index < -0.39 is 29.1 Å². The minimum absolute atomic E-state index is 0.314. The average molecular weight is 279 g/mol. The number of aryl methyl sites for hydroxylation is 1. The lowest BCUT2D eigenvalue weighted by Gasteiger charge is -2.14. The molecule has 2 rings (SSSR count). The van der Waals surface area contributed by atoms with Crippen LogP contribution in [-0.2, 0) is 0 Å². The van der Waals surface area contributed by atoms with Crippen LogP contribution in [0.15, 0.2) is 22.7 Å². The number of halogens is 1. The molecular weight excluding hydrogens is 265 g/mol. The predicted molar refractivity (Wildman–Crippen MR) is 67.6 cm³/mol. The molecule has 0 radical (unpaired) electrons. The molecule has 7 heteroatoms. The van der Waals surface area contributed by atoms with Crippen LogP contribution in [0.25, 0.3) is 0 Å². The number of phenols is 1. The Morgan fingerprint density at radius 3 is 2.85 bits per heavy atom. The standard InChI is InChI=1S/C13H14FN3O3/c1-3-9(12-15-7(2)20-17-12)16-13(19)11-8(14)5-4-6-10(11)18/h4-6,9,18H,3H2,1-2H3,(H,16,19)/t9-/m1/s1. The fraction of sp³-hybridized carbons (Fsp3) is 0.308. The lowest BCUT2D eigenvalue weighted by molar-refractivity contribution is 0.0926. The molecule has 0 aliphatic heterocycles. The summed E-state index contributed by atoms with van der Waals surface area (Å²) in [5, 5.41) is 15.9. The van der Waals surface area contributed by atoms with Crippen LogP contribution in [0.2, 0.25) is 0 Å². The van der Waals surface area contributed by atoms with E-state index in [2.05, 4.69) is 15.5 Å². The van der Waals surface area contributed by atoms with Crippen LogP contribution in [0.3, 0.4) is 0 Å². The van der Waals surface area contributed by atoms with Crippen LogP contribution < -0.4 is 5.32 Å². The van der Waals surface area contributed by atoms with Crippen molar-refractivity contribution in [2.24, 2.45) is 0 Å². The smallest absolute Gasteiger partial charge is 0.258 e. The first-order valence-electron chi connectivity index (χ1n) is 6.11. The molecule has 0 saturated carbocycles. The fourth-order valence-electron chi connectivity index (χ4n) is 1.77. The predicted octanol–water partition coefficient (Wildman–Crippen LogP) is 2.10. The van der Waals surface area contributed by atoms with Crippen molar-refractivity contribution in [2.75, 3.05) is 0 Å². The lowest BCUT2D eigenvalue weighted by Crippen LogP contribution is -2.29. The molecule has 0 aliphatic carbocycles. The maximum atomic E-state index is 13.6. The van der Waals surface area contributed by atoms with E-state index in [4.69, 9.17) is 4.52 Å². The summed E-state index contributed by atoms with van der Waals surface area (Å²) in [6.45, 7) is 3.45. The summed E-state index contributed by atoms with van der Waals surface area (Å²) in [5.74, 6) is -1.24. The molecule has 106 valence electrons. The second kappa shape index (κ2) is 5.68. The molecule has 1 amide bonds. The Labute approximate surface area is 114 Å². The number of benzene rings is 1. The normalized spacial score (nSPS) is 12.2. The first kappa shape index (κ1) is 14.0. The zero-order valence-electron chi connectivity index (χ0n) is 11.1. The Bertz CT molecular complexity index is 607. The van der Waals surface area contributed by atoms with E-state index in [0.717, 1.165) is 6.07 Å². The molecule has 1 aromatic heterocycles. The van der Waals surface area contributed by atoms with E-state index in [1.165, 1.54) is 12.1 Å². The number of carbonyl (C=O) groups is 1. The number of nitrogens with zero attached hydrogens (tertiary/aromatic N) is 2. The summed E-state index contributed by atoms with van der Waals surface area (Å²) >= 11 is 0. The number of hydrogen-bond acceptors (Lipinski definition) is 5. The molecular formula is C13H14FN3O3. The zero-order chi connectivity index (χ0) is 14.7. The Morgan fingerprint density at radius 1 is 1.55 bits per heavy atom. The largest absolute Gasteiger partial charge is 0.507 e. The highest BCUT2D eigenvalue weighted by Gasteiger charge is 2.22. The summed E-state index contributed by atoms with van der Waals surface area (Å²) in [6.07, 6.45) is 0.500. The molecule has 20 heavy (non-hydrogen) atoms. The topological polar surface area (TPSA) is 88.2 Å². The first-order valence-corrected chi connectivity index (χ1v) is 6.11. The van der Waals surface area contributed by atoms with Gasteiger partial charge in [0.2, 0.25) is 5.89 Å². The Balaban J connectivity index is 2.22. The van der Waals surface area contributed by atoms with Crippen LogP contribution in [0.4, 0.5) is 4.39 Å². The third-order valence-electron chi connectivity index (χ3n) is 2.79. The third-order valence-corrected chi connectivity index (χ3v) is 2.79. The molecule has 0 saturated heterocycles. The summed E-state index contributed by atoms with van der Waals surface area (Å²) in [5.41, 5.74) is -0.397. The van der Waals surface area contributed by atoms with Crippen molar-refractivity contribution in [3.63, 3.8) is 0 Å². The van der Waals surface area contributed by atoms with E-state index in [9.17, 15) is 14.3 Å². The monoisotopic (exact) mass is 279 g/mol. The Morgan fingerprint density at radius 2 is 2.30 bits per heavy atom. The molecule has 0 bridgehead atoms. The van der Waals surface area contributed by atoms with Gasteiger partial charge in [-0.05, 0) is 18.6 Å². The average Bonchev–Trinajstić information content (AvgIpc) is 2.82. The molecule has 0 aliphatic rings. The summed E-state index contributed by atoms with van der Waals surface area (Å²) in [4.78, 5) is 16.1.